The number of aromatic amines is 2. The van der Waals surface area contributed by atoms with E-state index >= 15 is 0 Å². The first-order valence-corrected chi connectivity index (χ1v) is 8.22. The number of rotatable bonds is 0. The van der Waals surface area contributed by atoms with Crippen LogP contribution < -0.4 is 0 Å². The molecule has 2 aromatic carbocycles. The fourth-order valence-corrected chi connectivity index (χ4v) is 2.60. The maximum absolute atomic E-state index is 3.26. The van der Waals surface area contributed by atoms with Gasteiger partial charge in [0, 0.05) is 28.3 Å². The lowest BCUT2D eigenvalue weighted by Crippen LogP contribution is -1.71. The molecule has 0 saturated carbocycles. The highest BCUT2D eigenvalue weighted by Crippen LogP contribution is 2.17. The maximum atomic E-state index is 3.26. The minimum Gasteiger partial charge on any atom is -0.361 e. The average Bonchev–Trinajstić information content (AvgIpc) is 3.11. The Hall–Kier alpha value is -2.48. The van der Waals surface area contributed by atoms with Gasteiger partial charge in [0.05, 0.1) is 0 Å². The van der Waals surface area contributed by atoms with Crippen molar-refractivity contribution < 1.29 is 0 Å². The highest BCUT2D eigenvalue weighted by Gasteiger charge is 1.97. The van der Waals surface area contributed by atoms with E-state index in [0.29, 0.717) is 0 Å². The molecule has 0 fully saturated rings. The summed E-state index contributed by atoms with van der Waals surface area (Å²) in [6, 6.07) is 16.9. The van der Waals surface area contributed by atoms with Gasteiger partial charge in [-0.25, -0.2) is 0 Å². The van der Waals surface area contributed by atoms with Crippen molar-refractivity contribution in [1.82, 2.24) is 9.97 Å². The number of benzene rings is 2. The molecule has 2 nitrogen and oxygen atoms in total. The third-order valence-corrected chi connectivity index (χ3v) is 3.71. The van der Waals surface area contributed by atoms with Crippen LogP contribution in [0.2, 0.25) is 0 Å². The summed E-state index contributed by atoms with van der Waals surface area (Å²) in [6.45, 7) is 10.3. The molecule has 4 aromatic rings. The number of hydrogen-bond donors (Lipinski definition) is 2. The average molecular weight is 306 g/mol. The molecule has 23 heavy (non-hydrogen) atoms. The molecular formula is C21H26N2. The second-order valence-electron chi connectivity index (χ2n) is 5.56. The Morgan fingerprint density at radius 2 is 1.52 bits per heavy atom. The number of para-hydroxylation sites is 1. The van der Waals surface area contributed by atoms with Crippen molar-refractivity contribution in [1.29, 1.82) is 0 Å². The molecule has 0 amide bonds. The number of H-pyrrole nitrogens is 2. The summed E-state index contributed by atoms with van der Waals surface area (Å²) in [5, 5.41) is 2.62. The van der Waals surface area contributed by atoms with Crippen molar-refractivity contribution in [2.24, 2.45) is 0 Å². The molecule has 0 aliphatic carbocycles. The van der Waals surface area contributed by atoms with Gasteiger partial charge in [0.15, 0.2) is 0 Å². The van der Waals surface area contributed by atoms with Gasteiger partial charge in [-0.3, -0.25) is 0 Å². The number of nitrogens with one attached hydrogen (secondary N) is 2. The Labute approximate surface area is 138 Å². The smallest absolute Gasteiger partial charge is 0.0459 e. The minimum atomic E-state index is 1.22. The molecule has 0 radical (unpaired) electrons. The van der Waals surface area contributed by atoms with Gasteiger partial charge in [0.2, 0.25) is 0 Å². The first kappa shape index (κ1) is 16.9. The molecule has 0 unspecified atom stereocenters. The molecule has 4 rings (SSSR count). The van der Waals surface area contributed by atoms with Crippen LogP contribution in [-0.2, 0) is 0 Å². The summed E-state index contributed by atoms with van der Waals surface area (Å²) < 4.78 is 0. The molecular weight excluding hydrogens is 280 g/mol. The Kier molecular flexibility index (Phi) is 5.64. The SMILES string of the molecule is CC.Cc1cc2ccccc2[nH]1.Cc1ccc2c(C)c[nH]c2c1. The molecule has 0 aliphatic heterocycles. The monoisotopic (exact) mass is 306 g/mol. The van der Waals surface area contributed by atoms with E-state index in [1.54, 1.807) is 0 Å². The minimum absolute atomic E-state index is 1.22. The van der Waals surface area contributed by atoms with Gasteiger partial charge in [-0.2, -0.15) is 0 Å². The first-order valence-electron chi connectivity index (χ1n) is 8.22. The van der Waals surface area contributed by atoms with Crippen LogP contribution in [0.15, 0.2) is 54.7 Å². The number of fused-ring (bicyclic) bond motifs is 2. The van der Waals surface area contributed by atoms with Crippen molar-refractivity contribution in [3.8, 4) is 0 Å². The van der Waals surface area contributed by atoms with Crippen LogP contribution in [0.1, 0.15) is 30.7 Å². The lowest BCUT2D eigenvalue weighted by molar-refractivity contribution is 1.30. The maximum Gasteiger partial charge on any atom is 0.0459 e. The molecule has 120 valence electrons. The van der Waals surface area contributed by atoms with Crippen LogP contribution in [-0.4, -0.2) is 9.97 Å². The summed E-state index contributed by atoms with van der Waals surface area (Å²) in [7, 11) is 0. The van der Waals surface area contributed by atoms with Gasteiger partial charge in [-0.05, 0) is 55.5 Å². The second-order valence-corrected chi connectivity index (χ2v) is 5.56. The van der Waals surface area contributed by atoms with Crippen molar-refractivity contribution in [2.45, 2.75) is 34.6 Å². The fraction of sp³-hybridized carbons (Fsp3) is 0.238. The van der Waals surface area contributed by atoms with Crippen LogP contribution >= 0.6 is 0 Å². The van der Waals surface area contributed by atoms with Crippen LogP contribution in [0.5, 0.6) is 0 Å². The zero-order valence-electron chi connectivity index (χ0n) is 14.7. The van der Waals surface area contributed by atoms with E-state index in [0.717, 1.165) is 0 Å². The largest absolute Gasteiger partial charge is 0.361 e. The summed E-state index contributed by atoms with van der Waals surface area (Å²) in [5.74, 6) is 0. The predicted molar refractivity (Wildman–Crippen MR) is 102 cm³/mol. The van der Waals surface area contributed by atoms with Gasteiger partial charge in [-0.15, -0.1) is 0 Å². The highest BCUT2D eigenvalue weighted by atomic mass is 14.7. The van der Waals surface area contributed by atoms with Gasteiger partial charge in [0.1, 0.15) is 0 Å². The van der Waals surface area contributed by atoms with E-state index in [4.69, 9.17) is 0 Å². The van der Waals surface area contributed by atoms with E-state index in [2.05, 4.69) is 73.2 Å². The van der Waals surface area contributed by atoms with E-state index in [1.807, 2.05) is 26.1 Å². The molecule has 0 bridgehead atoms. The summed E-state index contributed by atoms with van der Waals surface area (Å²) >= 11 is 0. The zero-order valence-corrected chi connectivity index (χ0v) is 14.7. The van der Waals surface area contributed by atoms with Crippen LogP contribution in [0.4, 0.5) is 0 Å². The predicted octanol–water partition coefficient (Wildman–Crippen LogP) is 6.29. The van der Waals surface area contributed by atoms with Crippen molar-refractivity contribution in [2.75, 3.05) is 0 Å². The van der Waals surface area contributed by atoms with E-state index < -0.39 is 0 Å². The normalized spacial score (nSPS) is 9.96. The van der Waals surface area contributed by atoms with E-state index in [-0.39, 0.29) is 0 Å². The topological polar surface area (TPSA) is 31.6 Å². The van der Waals surface area contributed by atoms with E-state index in [1.165, 1.54) is 38.6 Å². The molecule has 2 heterocycles. The summed E-state index contributed by atoms with van der Waals surface area (Å²) in [6.07, 6.45) is 2.05. The Morgan fingerprint density at radius 3 is 2.26 bits per heavy atom. The molecule has 2 N–H and O–H groups in total. The summed E-state index contributed by atoms with van der Waals surface area (Å²) in [4.78, 5) is 6.49. The molecule has 2 heteroatoms. The third-order valence-electron chi connectivity index (χ3n) is 3.71. The lowest BCUT2D eigenvalue weighted by Gasteiger charge is -1.92. The number of aryl methyl sites for hydroxylation is 3. The molecule has 0 aliphatic rings. The zero-order chi connectivity index (χ0) is 16.8. The molecule has 0 atom stereocenters. The van der Waals surface area contributed by atoms with Crippen LogP contribution in [0, 0.1) is 20.8 Å². The van der Waals surface area contributed by atoms with Gasteiger partial charge < -0.3 is 9.97 Å². The van der Waals surface area contributed by atoms with Crippen LogP contribution in [0.25, 0.3) is 21.8 Å². The molecule has 0 spiro atoms. The highest BCUT2D eigenvalue weighted by molar-refractivity contribution is 5.83. The van der Waals surface area contributed by atoms with Crippen molar-refractivity contribution in [3.05, 3.63) is 71.5 Å². The quantitative estimate of drug-likeness (QED) is 0.383. The summed E-state index contributed by atoms with van der Waals surface area (Å²) in [5.41, 5.74) is 6.31. The van der Waals surface area contributed by atoms with Crippen LogP contribution in [0.3, 0.4) is 0 Å². The van der Waals surface area contributed by atoms with E-state index in [9.17, 15) is 0 Å². The van der Waals surface area contributed by atoms with Gasteiger partial charge in [-0.1, -0.05) is 44.2 Å². The first-order chi connectivity index (χ1) is 11.1. The van der Waals surface area contributed by atoms with Crippen molar-refractivity contribution in [3.63, 3.8) is 0 Å². The molecule has 2 aromatic heterocycles. The third kappa shape index (κ3) is 4.04. The van der Waals surface area contributed by atoms with Crippen molar-refractivity contribution >= 4 is 21.8 Å². The standard InChI is InChI=1S/C10H11N.C9H9N.C2H6/c1-7-3-4-9-8(2)6-11-10(9)5-7;1-7-6-8-4-2-3-5-9(8)10-7;1-2/h3-6,11H,1-2H3;2-6,10H,1H3;1-2H3. The number of hydrogen-bond acceptors (Lipinski definition) is 0. The number of aromatic nitrogens is 2. The second kappa shape index (κ2) is 7.68. The van der Waals surface area contributed by atoms with Gasteiger partial charge >= 0.3 is 0 Å². The lowest BCUT2D eigenvalue weighted by atomic mass is 10.1. The Morgan fingerprint density at radius 1 is 0.783 bits per heavy atom. The Bertz CT molecular complexity index is 848. The van der Waals surface area contributed by atoms with Gasteiger partial charge in [0.25, 0.3) is 0 Å². The Balaban J connectivity index is 0.000000152. The fourth-order valence-electron chi connectivity index (χ4n) is 2.60. The molecule has 0 saturated heterocycles.